The van der Waals surface area contributed by atoms with Crippen LogP contribution in [0.5, 0.6) is 0 Å². The zero-order valence-corrected chi connectivity index (χ0v) is 12.5. The predicted molar refractivity (Wildman–Crippen MR) is 77.1 cm³/mol. The molecule has 1 N–H and O–H groups in total. The fraction of sp³-hybridized carbons (Fsp3) is 0.643. The van der Waals surface area contributed by atoms with Crippen molar-refractivity contribution in [2.45, 2.75) is 40.7 Å². The minimum atomic E-state index is 0.225. The molecule has 1 heterocycles. The third-order valence-corrected chi connectivity index (χ3v) is 3.38. The number of nitrogens with one attached hydrogen (secondary N) is 1. The molecule has 0 radical (unpaired) electrons. The lowest BCUT2D eigenvalue weighted by Gasteiger charge is -2.24. The Morgan fingerprint density at radius 2 is 1.89 bits per heavy atom. The molecule has 0 spiro atoms. The Hall–Kier alpha value is -1.67. The van der Waals surface area contributed by atoms with Gasteiger partial charge in [-0.25, -0.2) is 0 Å². The summed E-state index contributed by atoms with van der Waals surface area (Å²) in [5.74, 6) is 0.588. The van der Waals surface area contributed by atoms with Gasteiger partial charge in [0.15, 0.2) is 5.82 Å². The van der Waals surface area contributed by atoms with Gasteiger partial charge in [0.2, 0.25) is 0 Å². The molecule has 1 unspecified atom stereocenters. The van der Waals surface area contributed by atoms with Crippen molar-refractivity contribution in [2.24, 2.45) is 0 Å². The van der Waals surface area contributed by atoms with Crippen LogP contribution < -0.4 is 5.32 Å². The first-order valence-electron chi connectivity index (χ1n) is 6.76. The molecule has 1 aromatic rings. The number of nitrogens with zero attached hydrogens (tertiary/aromatic N) is 4. The fourth-order valence-electron chi connectivity index (χ4n) is 1.99. The van der Waals surface area contributed by atoms with Gasteiger partial charge in [0.25, 0.3) is 0 Å². The van der Waals surface area contributed by atoms with Crippen molar-refractivity contribution in [2.75, 3.05) is 25.0 Å². The van der Waals surface area contributed by atoms with Gasteiger partial charge in [0.05, 0.1) is 5.69 Å². The summed E-state index contributed by atoms with van der Waals surface area (Å²) in [5, 5.41) is 20.7. The number of aryl methyl sites for hydroxylation is 1. The van der Waals surface area contributed by atoms with E-state index in [1.54, 1.807) is 0 Å². The van der Waals surface area contributed by atoms with Gasteiger partial charge in [-0.3, -0.25) is 0 Å². The Morgan fingerprint density at radius 1 is 1.26 bits per heavy atom. The fourth-order valence-corrected chi connectivity index (χ4v) is 1.99. The summed E-state index contributed by atoms with van der Waals surface area (Å²) in [7, 11) is 0. The zero-order chi connectivity index (χ0) is 14.4. The Kier molecular flexibility index (Phi) is 5.71. The summed E-state index contributed by atoms with van der Waals surface area (Å²) in [6.07, 6.45) is 0. The lowest BCUT2D eigenvalue weighted by Crippen LogP contribution is -2.35. The number of hydrogen-bond acceptors (Lipinski definition) is 5. The number of rotatable bonds is 6. The molecule has 1 rings (SSSR count). The maximum absolute atomic E-state index is 9.24. The predicted octanol–water partition coefficient (Wildman–Crippen LogP) is 2.11. The largest absolute Gasteiger partial charge is 0.364 e. The van der Waals surface area contributed by atoms with Crippen LogP contribution in [0.15, 0.2) is 0 Å². The molecule has 0 aliphatic heterocycles. The maximum Gasteiger partial charge on any atom is 0.167 e. The van der Waals surface area contributed by atoms with Gasteiger partial charge >= 0.3 is 0 Å². The molecular weight excluding hydrogens is 238 g/mol. The normalized spacial score (nSPS) is 12.3. The monoisotopic (exact) mass is 261 g/mol. The molecule has 1 atom stereocenters. The first-order valence-corrected chi connectivity index (χ1v) is 6.76. The molecule has 0 aliphatic carbocycles. The minimum absolute atomic E-state index is 0.225. The topological polar surface area (TPSA) is 64.8 Å². The summed E-state index contributed by atoms with van der Waals surface area (Å²) < 4.78 is 0. The lowest BCUT2D eigenvalue weighted by atomic mass is 10.1. The Morgan fingerprint density at radius 3 is 2.42 bits per heavy atom. The number of likely N-dealkylation sites (N-methyl/N-ethyl adjacent to an activating group) is 1. The third-order valence-electron chi connectivity index (χ3n) is 3.38. The summed E-state index contributed by atoms with van der Waals surface area (Å²) in [6, 6.07) is 2.44. The summed E-state index contributed by atoms with van der Waals surface area (Å²) >= 11 is 0. The van der Waals surface area contributed by atoms with Gasteiger partial charge in [-0.2, -0.15) is 10.4 Å². The summed E-state index contributed by atoms with van der Waals surface area (Å²) in [6.45, 7) is 13.1. The highest BCUT2D eigenvalue weighted by Crippen LogP contribution is 2.17. The Bertz CT molecular complexity index is 460. The first kappa shape index (κ1) is 15.4. The standard InChI is InChI=1S/C14H23N5/c1-6-19(7-2)9-10(3)16-14-13(8-15)11(4)12(5)17-18-14/h10H,6-7,9H2,1-5H3,(H,16,18). The highest BCUT2D eigenvalue weighted by Gasteiger charge is 2.14. The second kappa shape index (κ2) is 7.05. The van der Waals surface area contributed by atoms with E-state index in [1.165, 1.54) is 0 Å². The maximum atomic E-state index is 9.24. The SMILES string of the molecule is CCN(CC)CC(C)Nc1nnc(C)c(C)c1C#N. The van der Waals surface area contributed by atoms with Crippen LogP contribution in [0.1, 0.15) is 37.6 Å². The van der Waals surface area contributed by atoms with E-state index in [9.17, 15) is 5.26 Å². The van der Waals surface area contributed by atoms with Crippen molar-refractivity contribution in [3.63, 3.8) is 0 Å². The van der Waals surface area contributed by atoms with Gasteiger partial charge in [0.1, 0.15) is 11.6 Å². The second-order valence-electron chi connectivity index (χ2n) is 4.78. The van der Waals surface area contributed by atoms with Crippen LogP contribution in [0.25, 0.3) is 0 Å². The van der Waals surface area contributed by atoms with Crippen molar-refractivity contribution in [1.82, 2.24) is 15.1 Å². The van der Waals surface area contributed by atoms with Gasteiger partial charge in [-0.1, -0.05) is 13.8 Å². The van der Waals surface area contributed by atoms with Crippen molar-refractivity contribution in [3.8, 4) is 6.07 Å². The van der Waals surface area contributed by atoms with Crippen molar-refractivity contribution < 1.29 is 0 Å². The van der Waals surface area contributed by atoms with Gasteiger partial charge < -0.3 is 10.2 Å². The Labute approximate surface area is 115 Å². The van der Waals surface area contributed by atoms with Gasteiger partial charge in [0, 0.05) is 12.6 Å². The van der Waals surface area contributed by atoms with Crippen LogP contribution in [-0.4, -0.2) is 40.8 Å². The molecule has 19 heavy (non-hydrogen) atoms. The molecule has 5 heteroatoms. The van der Waals surface area contributed by atoms with E-state index in [0.29, 0.717) is 11.4 Å². The van der Waals surface area contributed by atoms with E-state index in [2.05, 4.69) is 47.3 Å². The van der Waals surface area contributed by atoms with E-state index in [4.69, 9.17) is 0 Å². The van der Waals surface area contributed by atoms with Gasteiger partial charge in [-0.15, -0.1) is 5.10 Å². The number of nitriles is 1. The molecule has 0 saturated heterocycles. The molecule has 0 aliphatic rings. The molecule has 0 amide bonds. The van der Waals surface area contributed by atoms with Crippen molar-refractivity contribution in [3.05, 3.63) is 16.8 Å². The van der Waals surface area contributed by atoms with E-state index in [0.717, 1.165) is 30.9 Å². The average molecular weight is 261 g/mol. The van der Waals surface area contributed by atoms with E-state index >= 15 is 0 Å². The lowest BCUT2D eigenvalue weighted by molar-refractivity contribution is 0.294. The molecule has 0 saturated carbocycles. The van der Waals surface area contributed by atoms with Crippen LogP contribution in [0, 0.1) is 25.2 Å². The highest BCUT2D eigenvalue weighted by molar-refractivity contribution is 5.56. The third kappa shape index (κ3) is 3.90. The smallest absolute Gasteiger partial charge is 0.167 e. The average Bonchev–Trinajstić information content (AvgIpc) is 2.40. The molecule has 1 aromatic heterocycles. The first-order chi connectivity index (χ1) is 9.03. The summed E-state index contributed by atoms with van der Waals surface area (Å²) in [5.41, 5.74) is 2.30. The van der Waals surface area contributed by atoms with Crippen LogP contribution in [0.4, 0.5) is 5.82 Å². The zero-order valence-electron chi connectivity index (χ0n) is 12.5. The molecule has 0 bridgehead atoms. The Balaban J connectivity index is 2.83. The van der Waals surface area contributed by atoms with Crippen LogP contribution in [0.2, 0.25) is 0 Å². The summed E-state index contributed by atoms with van der Waals surface area (Å²) in [4.78, 5) is 2.33. The van der Waals surface area contributed by atoms with E-state index in [1.807, 2.05) is 13.8 Å². The number of hydrogen-bond donors (Lipinski definition) is 1. The molecule has 5 nitrogen and oxygen atoms in total. The van der Waals surface area contributed by atoms with Gasteiger partial charge in [-0.05, 0) is 39.4 Å². The number of anilines is 1. The molecule has 104 valence electrons. The second-order valence-corrected chi connectivity index (χ2v) is 4.78. The molecule has 0 aromatic carbocycles. The van der Waals surface area contributed by atoms with Crippen LogP contribution in [0.3, 0.4) is 0 Å². The van der Waals surface area contributed by atoms with Crippen molar-refractivity contribution >= 4 is 5.82 Å². The molecule has 0 fully saturated rings. The highest BCUT2D eigenvalue weighted by atomic mass is 15.2. The molecular formula is C14H23N5. The van der Waals surface area contributed by atoms with Crippen LogP contribution in [-0.2, 0) is 0 Å². The van der Waals surface area contributed by atoms with Crippen LogP contribution >= 0.6 is 0 Å². The quantitative estimate of drug-likeness (QED) is 0.849. The van der Waals surface area contributed by atoms with Crippen molar-refractivity contribution in [1.29, 1.82) is 5.26 Å². The minimum Gasteiger partial charge on any atom is -0.364 e. The van der Waals surface area contributed by atoms with E-state index < -0.39 is 0 Å². The van der Waals surface area contributed by atoms with E-state index in [-0.39, 0.29) is 6.04 Å². The number of aromatic nitrogens is 2.